The Balaban J connectivity index is 2.89. The summed E-state index contributed by atoms with van der Waals surface area (Å²) in [6, 6.07) is 0. The summed E-state index contributed by atoms with van der Waals surface area (Å²) in [5, 5.41) is 44.2. The van der Waals surface area contributed by atoms with Crippen LogP contribution in [0.5, 0.6) is 0 Å². The van der Waals surface area contributed by atoms with Gasteiger partial charge in [0.2, 0.25) is 5.79 Å². The molecule has 0 aromatic rings. The fourth-order valence-electron chi connectivity index (χ4n) is 0.910. The summed E-state index contributed by atoms with van der Waals surface area (Å²) in [6.45, 7) is 1.19. The highest BCUT2D eigenvalue weighted by Crippen LogP contribution is 2.32. The Labute approximate surface area is 62.3 Å². The number of hydrogen-bond acceptors (Lipinski definition) is 6. The average Bonchev–Trinajstić information content (AvgIpc) is 1.94. The van der Waals surface area contributed by atoms with Crippen molar-refractivity contribution in [1.82, 2.24) is 0 Å². The number of ether oxygens (including phenoxy) is 1. The molecule has 6 nitrogen and oxygen atoms in total. The van der Waals surface area contributed by atoms with Crippen LogP contribution in [0.1, 0.15) is 6.92 Å². The number of rotatable bonds is 0. The second-order valence-electron chi connectivity index (χ2n) is 2.60. The van der Waals surface area contributed by atoms with E-state index in [2.05, 4.69) is 4.74 Å². The first-order chi connectivity index (χ1) is 4.78. The lowest BCUT2D eigenvalue weighted by molar-refractivity contribution is -0.357. The van der Waals surface area contributed by atoms with Crippen molar-refractivity contribution in [3.8, 4) is 0 Å². The molecule has 1 rings (SSSR count). The SMILES string of the molecule is CC1OC(O)(O)C(O)C1(O)O. The average molecular weight is 166 g/mol. The van der Waals surface area contributed by atoms with E-state index in [-0.39, 0.29) is 0 Å². The molecule has 0 radical (unpaired) electrons. The zero-order chi connectivity index (χ0) is 8.86. The Morgan fingerprint density at radius 3 is 1.73 bits per heavy atom. The van der Waals surface area contributed by atoms with Crippen LogP contribution in [-0.4, -0.2) is 49.5 Å². The van der Waals surface area contributed by atoms with Crippen LogP contribution in [0.25, 0.3) is 0 Å². The first-order valence-electron chi connectivity index (χ1n) is 3.04. The molecular weight excluding hydrogens is 156 g/mol. The van der Waals surface area contributed by atoms with Crippen molar-refractivity contribution in [2.75, 3.05) is 0 Å². The van der Waals surface area contributed by atoms with Crippen LogP contribution in [-0.2, 0) is 4.74 Å². The van der Waals surface area contributed by atoms with Crippen molar-refractivity contribution in [2.24, 2.45) is 0 Å². The molecule has 0 saturated carbocycles. The van der Waals surface area contributed by atoms with Crippen LogP contribution in [0.4, 0.5) is 0 Å². The van der Waals surface area contributed by atoms with E-state index in [4.69, 9.17) is 25.5 Å². The van der Waals surface area contributed by atoms with Gasteiger partial charge in [-0.2, -0.15) is 0 Å². The third-order valence-electron chi connectivity index (χ3n) is 1.71. The molecule has 1 aliphatic rings. The van der Waals surface area contributed by atoms with Crippen LogP contribution in [0.3, 0.4) is 0 Å². The van der Waals surface area contributed by atoms with Crippen molar-refractivity contribution < 1.29 is 30.3 Å². The van der Waals surface area contributed by atoms with E-state index in [0.717, 1.165) is 0 Å². The van der Waals surface area contributed by atoms with E-state index in [0.29, 0.717) is 0 Å². The Morgan fingerprint density at radius 2 is 1.64 bits per heavy atom. The van der Waals surface area contributed by atoms with Gasteiger partial charge in [-0.05, 0) is 6.92 Å². The highest BCUT2D eigenvalue weighted by Gasteiger charge is 2.60. The van der Waals surface area contributed by atoms with E-state index in [1.165, 1.54) is 6.92 Å². The molecule has 0 bridgehead atoms. The first kappa shape index (κ1) is 8.85. The van der Waals surface area contributed by atoms with E-state index in [9.17, 15) is 0 Å². The van der Waals surface area contributed by atoms with Gasteiger partial charge < -0.3 is 30.3 Å². The van der Waals surface area contributed by atoms with Crippen LogP contribution in [0.15, 0.2) is 0 Å². The summed E-state index contributed by atoms with van der Waals surface area (Å²) >= 11 is 0. The zero-order valence-electron chi connectivity index (χ0n) is 5.80. The molecule has 0 aromatic heterocycles. The molecular formula is C5H10O6. The molecule has 1 heterocycles. The molecule has 2 unspecified atom stereocenters. The van der Waals surface area contributed by atoms with Gasteiger partial charge in [0.25, 0.3) is 0 Å². The highest BCUT2D eigenvalue weighted by molar-refractivity contribution is 4.93. The Hall–Kier alpha value is -0.240. The van der Waals surface area contributed by atoms with Gasteiger partial charge in [-0.15, -0.1) is 0 Å². The molecule has 11 heavy (non-hydrogen) atoms. The largest absolute Gasteiger partial charge is 0.380 e. The normalized spacial score (nSPS) is 40.9. The predicted octanol–water partition coefficient (Wildman–Crippen LogP) is -2.91. The number of aliphatic hydroxyl groups excluding tert-OH is 1. The standard InChI is InChI=1S/C5H10O6/c1-2-4(7,8)3(6)5(9,10)11-2/h2-3,6-10H,1H3. The molecule has 66 valence electrons. The zero-order valence-corrected chi connectivity index (χ0v) is 5.80. The first-order valence-corrected chi connectivity index (χ1v) is 3.04. The molecule has 0 amide bonds. The van der Waals surface area contributed by atoms with Gasteiger partial charge in [0.05, 0.1) is 0 Å². The summed E-state index contributed by atoms with van der Waals surface area (Å²) in [6.07, 6.45) is -3.41. The third-order valence-corrected chi connectivity index (χ3v) is 1.71. The van der Waals surface area contributed by atoms with Gasteiger partial charge >= 0.3 is 5.97 Å². The fourth-order valence-corrected chi connectivity index (χ4v) is 0.910. The molecule has 6 heteroatoms. The molecule has 0 spiro atoms. The maximum atomic E-state index is 8.93. The molecule has 0 aromatic carbocycles. The van der Waals surface area contributed by atoms with Gasteiger partial charge in [0.15, 0.2) is 6.10 Å². The Morgan fingerprint density at radius 1 is 1.18 bits per heavy atom. The number of aliphatic hydroxyl groups is 5. The summed E-state index contributed by atoms with van der Waals surface area (Å²) in [5.41, 5.74) is 0. The van der Waals surface area contributed by atoms with Crippen LogP contribution in [0.2, 0.25) is 0 Å². The molecule has 1 fully saturated rings. The summed E-state index contributed by atoms with van der Waals surface area (Å²) < 4.78 is 4.24. The molecule has 2 atom stereocenters. The maximum Gasteiger partial charge on any atom is 0.311 e. The smallest absolute Gasteiger partial charge is 0.311 e. The van der Waals surface area contributed by atoms with E-state index in [1.54, 1.807) is 0 Å². The quantitative estimate of drug-likeness (QED) is 0.247. The molecule has 0 aliphatic carbocycles. The van der Waals surface area contributed by atoms with E-state index >= 15 is 0 Å². The highest BCUT2D eigenvalue weighted by atomic mass is 16.8. The van der Waals surface area contributed by atoms with Crippen molar-refractivity contribution in [3.05, 3.63) is 0 Å². The summed E-state index contributed by atoms with van der Waals surface area (Å²) in [7, 11) is 0. The molecule has 5 N–H and O–H groups in total. The lowest BCUT2D eigenvalue weighted by atomic mass is 10.1. The van der Waals surface area contributed by atoms with E-state index < -0.39 is 24.0 Å². The lowest BCUT2D eigenvalue weighted by Crippen LogP contribution is -2.51. The molecule has 1 saturated heterocycles. The van der Waals surface area contributed by atoms with Crippen LogP contribution >= 0.6 is 0 Å². The van der Waals surface area contributed by atoms with Crippen molar-refractivity contribution in [2.45, 2.75) is 30.9 Å². The summed E-state index contributed by atoms with van der Waals surface area (Å²) in [4.78, 5) is 0. The monoisotopic (exact) mass is 166 g/mol. The minimum absolute atomic E-state index is 1.19. The van der Waals surface area contributed by atoms with Gasteiger partial charge in [-0.1, -0.05) is 0 Å². The van der Waals surface area contributed by atoms with Crippen molar-refractivity contribution in [3.63, 3.8) is 0 Å². The van der Waals surface area contributed by atoms with Crippen molar-refractivity contribution in [1.29, 1.82) is 0 Å². The third kappa shape index (κ3) is 1.13. The lowest BCUT2D eigenvalue weighted by Gasteiger charge is -2.22. The van der Waals surface area contributed by atoms with Gasteiger partial charge in [0, 0.05) is 0 Å². The Bertz CT molecular complexity index is 164. The maximum absolute atomic E-state index is 8.93. The predicted molar refractivity (Wildman–Crippen MR) is 30.9 cm³/mol. The van der Waals surface area contributed by atoms with E-state index in [1.807, 2.05) is 0 Å². The minimum atomic E-state index is -2.89. The minimum Gasteiger partial charge on any atom is -0.380 e. The van der Waals surface area contributed by atoms with Crippen molar-refractivity contribution >= 4 is 0 Å². The number of hydrogen-bond donors (Lipinski definition) is 5. The van der Waals surface area contributed by atoms with Gasteiger partial charge in [0.1, 0.15) is 6.10 Å². The summed E-state index contributed by atoms with van der Waals surface area (Å²) in [5.74, 6) is -5.51. The fraction of sp³-hybridized carbons (Fsp3) is 1.00. The van der Waals surface area contributed by atoms with Gasteiger partial charge in [-0.3, -0.25) is 0 Å². The second kappa shape index (κ2) is 2.13. The Kier molecular flexibility index (Phi) is 1.71. The topological polar surface area (TPSA) is 110 Å². The second-order valence-corrected chi connectivity index (χ2v) is 2.60. The molecule has 1 aliphatic heterocycles. The van der Waals surface area contributed by atoms with Gasteiger partial charge in [-0.25, -0.2) is 0 Å². The van der Waals surface area contributed by atoms with Crippen LogP contribution in [0, 0.1) is 0 Å². The van der Waals surface area contributed by atoms with Crippen LogP contribution < -0.4 is 0 Å².